The Balaban J connectivity index is 1.39. The van der Waals surface area contributed by atoms with Crippen LogP contribution in [-0.2, 0) is 0 Å². The van der Waals surface area contributed by atoms with Crippen LogP contribution >= 0.6 is 11.6 Å². The number of carbonyl (C=O) groups is 1. The number of hydrogen-bond acceptors (Lipinski definition) is 6. The van der Waals surface area contributed by atoms with E-state index in [2.05, 4.69) is 20.0 Å². The first-order valence-corrected chi connectivity index (χ1v) is 10.3. The summed E-state index contributed by atoms with van der Waals surface area (Å²) in [6.07, 6.45) is 5.04. The molecule has 0 spiro atoms. The number of nitrogens with zero attached hydrogens (tertiary/aromatic N) is 6. The molecule has 0 N–H and O–H groups in total. The predicted molar refractivity (Wildman–Crippen MR) is 116 cm³/mol. The van der Waals surface area contributed by atoms with Crippen molar-refractivity contribution in [2.45, 2.75) is 0 Å². The monoisotopic (exact) mass is 434 g/mol. The van der Waals surface area contributed by atoms with Crippen molar-refractivity contribution in [2.24, 2.45) is 0 Å². The van der Waals surface area contributed by atoms with E-state index in [1.165, 1.54) is 0 Å². The molecule has 156 valence electrons. The van der Waals surface area contributed by atoms with Gasteiger partial charge in [0.2, 0.25) is 5.95 Å². The summed E-state index contributed by atoms with van der Waals surface area (Å²) in [5.74, 6) is 1.20. The van der Waals surface area contributed by atoms with Crippen LogP contribution in [-0.4, -0.2) is 56.7 Å². The molecule has 0 radical (unpaired) electrons. The Hall–Kier alpha value is -3.65. The molecule has 1 aliphatic rings. The molecule has 5 rings (SSSR count). The Bertz CT molecular complexity index is 1170. The van der Waals surface area contributed by atoms with Gasteiger partial charge in [0, 0.05) is 49.7 Å². The van der Waals surface area contributed by atoms with Gasteiger partial charge in [-0.1, -0.05) is 11.6 Å². The fraction of sp³-hybridized carbons (Fsp3) is 0.182. The number of hydrogen-bond donors (Lipinski definition) is 0. The van der Waals surface area contributed by atoms with Gasteiger partial charge in [0.05, 0.1) is 12.0 Å². The van der Waals surface area contributed by atoms with Gasteiger partial charge >= 0.3 is 0 Å². The van der Waals surface area contributed by atoms with Crippen LogP contribution in [0.2, 0.25) is 5.02 Å². The normalized spacial score (nSPS) is 14.1. The van der Waals surface area contributed by atoms with Crippen LogP contribution in [0.25, 0.3) is 17.1 Å². The summed E-state index contributed by atoms with van der Waals surface area (Å²) in [5.41, 5.74) is 1.86. The molecule has 31 heavy (non-hydrogen) atoms. The molecule has 1 aliphatic heterocycles. The standard InChI is InChI=1S/C22H19ClN6O2/c23-16-4-6-17(7-5-16)29-19(20-3-1-14-31-20)15-18(26-29)21(30)27-10-12-28(13-11-27)22-24-8-2-9-25-22/h1-9,14-15H,10-13H2. The van der Waals surface area contributed by atoms with E-state index >= 15 is 0 Å². The van der Waals surface area contributed by atoms with E-state index < -0.39 is 0 Å². The van der Waals surface area contributed by atoms with Gasteiger partial charge in [0.1, 0.15) is 5.69 Å². The van der Waals surface area contributed by atoms with Gasteiger partial charge in [0.15, 0.2) is 11.5 Å². The first-order valence-electron chi connectivity index (χ1n) is 9.90. The second-order valence-electron chi connectivity index (χ2n) is 7.11. The number of benzene rings is 1. The van der Waals surface area contributed by atoms with Crippen LogP contribution in [0.1, 0.15) is 10.5 Å². The van der Waals surface area contributed by atoms with Gasteiger partial charge in [-0.05, 0) is 42.5 Å². The van der Waals surface area contributed by atoms with Gasteiger partial charge in [0.25, 0.3) is 5.91 Å². The highest BCUT2D eigenvalue weighted by Crippen LogP contribution is 2.26. The molecule has 0 unspecified atom stereocenters. The maximum atomic E-state index is 13.2. The highest BCUT2D eigenvalue weighted by molar-refractivity contribution is 6.30. The number of furan rings is 1. The van der Waals surface area contributed by atoms with Gasteiger partial charge in [-0.15, -0.1) is 0 Å². The maximum absolute atomic E-state index is 13.2. The van der Waals surface area contributed by atoms with Crippen molar-refractivity contribution in [2.75, 3.05) is 31.1 Å². The molecule has 1 amide bonds. The van der Waals surface area contributed by atoms with Crippen molar-refractivity contribution in [3.05, 3.63) is 77.9 Å². The SMILES string of the molecule is O=C(c1cc(-c2ccco2)n(-c2ccc(Cl)cc2)n1)N1CCN(c2ncccn2)CC1. The molecule has 0 aliphatic carbocycles. The van der Waals surface area contributed by atoms with Crippen LogP contribution in [0.3, 0.4) is 0 Å². The summed E-state index contributed by atoms with van der Waals surface area (Å²) >= 11 is 6.03. The number of rotatable bonds is 4. The fourth-order valence-electron chi connectivity index (χ4n) is 3.59. The number of carbonyl (C=O) groups excluding carboxylic acids is 1. The lowest BCUT2D eigenvalue weighted by atomic mass is 10.2. The van der Waals surface area contributed by atoms with E-state index in [1.807, 2.05) is 18.2 Å². The number of anilines is 1. The van der Waals surface area contributed by atoms with Crippen LogP contribution in [0.4, 0.5) is 5.95 Å². The van der Waals surface area contributed by atoms with E-state index in [4.69, 9.17) is 16.0 Å². The molecule has 4 aromatic rings. The summed E-state index contributed by atoms with van der Waals surface area (Å²) in [6.45, 7) is 2.47. The van der Waals surface area contributed by atoms with E-state index in [9.17, 15) is 4.79 Å². The second-order valence-corrected chi connectivity index (χ2v) is 7.54. The third kappa shape index (κ3) is 3.89. The minimum atomic E-state index is -0.117. The molecule has 1 fully saturated rings. The number of amides is 1. The zero-order chi connectivity index (χ0) is 21.2. The van der Waals surface area contributed by atoms with Crippen molar-refractivity contribution in [3.63, 3.8) is 0 Å². The Morgan fingerprint density at radius 3 is 2.39 bits per heavy atom. The van der Waals surface area contributed by atoms with E-state index in [1.54, 1.807) is 58.6 Å². The summed E-state index contributed by atoms with van der Waals surface area (Å²) in [5, 5.41) is 5.23. The Morgan fingerprint density at radius 1 is 0.968 bits per heavy atom. The van der Waals surface area contributed by atoms with Gasteiger partial charge in [-0.3, -0.25) is 4.79 Å². The summed E-state index contributed by atoms with van der Waals surface area (Å²) in [4.78, 5) is 25.7. The molecular weight excluding hydrogens is 416 g/mol. The average molecular weight is 435 g/mol. The predicted octanol–water partition coefficient (Wildman–Crippen LogP) is 3.54. The number of piperazine rings is 1. The van der Waals surface area contributed by atoms with Gasteiger partial charge < -0.3 is 14.2 Å². The van der Waals surface area contributed by atoms with Crippen molar-refractivity contribution >= 4 is 23.5 Å². The van der Waals surface area contributed by atoms with E-state index in [-0.39, 0.29) is 5.91 Å². The lowest BCUT2D eigenvalue weighted by molar-refractivity contribution is 0.0740. The molecule has 0 atom stereocenters. The van der Waals surface area contributed by atoms with Crippen LogP contribution in [0, 0.1) is 0 Å². The minimum absolute atomic E-state index is 0.117. The second kappa shape index (κ2) is 8.23. The molecule has 8 nitrogen and oxygen atoms in total. The summed E-state index contributed by atoms with van der Waals surface area (Å²) in [7, 11) is 0. The Morgan fingerprint density at radius 2 is 1.71 bits per heavy atom. The maximum Gasteiger partial charge on any atom is 0.274 e. The van der Waals surface area contributed by atoms with E-state index in [0.717, 1.165) is 5.69 Å². The quantitative estimate of drug-likeness (QED) is 0.488. The minimum Gasteiger partial charge on any atom is -0.463 e. The van der Waals surface area contributed by atoms with Gasteiger partial charge in [-0.2, -0.15) is 5.10 Å². The van der Waals surface area contributed by atoms with Crippen molar-refractivity contribution < 1.29 is 9.21 Å². The largest absolute Gasteiger partial charge is 0.463 e. The topological polar surface area (TPSA) is 80.3 Å². The first-order chi connectivity index (χ1) is 15.2. The lowest BCUT2D eigenvalue weighted by Crippen LogP contribution is -2.49. The fourth-order valence-corrected chi connectivity index (χ4v) is 3.72. The van der Waals surface area contributed by atoms with Crippen molar-refractivity contribution in [3.8, 4) is 17.1 Å². The summed E-state index contributed by atoms with van der Waals surface area (Å²) < 4.78 is 7.28. The van der Waals surface area contributed by atoms with Gasteiger partial charge in [-0.25, -0.2) is 14.6 Å². The Labute approximate surface area is 183 Å². The molecule has 1 saturated heterocycles. The van der Waals surface area contributed by atoms with Crippen LogP contribution in [0.15, 0.2) is 71.6 Å². The number of aromatic nitrogens is 4. The first kappa shape index (κ1) is 19.3. The lowest BCUT2D eigenvalue weighted by Gasteiger charge is -2.34. The molecular formula is C22H19ClN6O2. The van der Waals surface area contributed by atoms with Crippen molar-refractivity contribution in [1.82, 2.24) is 24.6 Å². The zero-order valence-corrected chi connectivity index (χ0v) is 17.3. The molecule has 0 saturated carbocycles. The zero-order valence-electron chi connectivity index (χ0n) is 16.6. The molecule has 9 heteroatoms. The molecule has 3 aromatic heterocycles. The van der Waals surface area contributed by atoms with Crippen LogP contribution in [0.5, 0.6) is 0 Å². The molecule has 0 bridgehead atoms. The highest BCUT2D eigenvalue weighted by atomic mass is 35.5. The van der Waals surface area contributed by atoms with E-state index in [0.29, 0.717) is 54.3 Å². The smallest absolute Gasteiger partial charge is 0.274 e. The number of halogens is 1. The average Bonchev–Trinajstić information content (AvgIpc) is 3.50. The third-order valence-electron chi connectivity index (χ3n) is 5.18. The molecule has 1 aromatic carbocycles. The third-order valence-corrected chi connectivity index (χ3v) is 5.43. The summed E-state index contributed by atoms with van der Waals surface area (Å²) in [6, 6.07) is 14.5. The van der Waals surface area contributed by atoms with Crippen molar-refractivity contribution in [1.29, 1.82) is 0 Å². The molecule has 4 heterocycles. The highest BCUT2D eigenvalue weighted by Gasteiger charge is 2.26. The Kier molecular flexibility index (Phi) is 5.13. The van der Waals surface area contributed by atoms with Crippen LogP contribution < -0.4 is 4.90 Å².